The van der Waals surface area contributed by atoms with E-state index in [9.17, 15) is 9.59 Å². The molecule has 5 aromatic heterocycles. The highest BCUT2D eigenvalue weighted by Gasteiger charge is 2.47. The molecule has 0 fully saturated rings. The van der Waals surface area contributed by atoms with Crippen molar-refractivity contribution in [3.8, 4) is 39.0 Å². The zero-order valence-corrected chi connectivity index (χ0v) is 40.2. The van der Waals surface area contributed by atoms with E-state index in [2.05, 4.69) is 71.0 Å². The van der Waals surface area contributed by atoms with E-state index in [1.807, 2.05) is 34.0 Å². The van der Waals surface area contributed by atoms with Gasteiger partial charge >= 0.3 is 0 Å². The minimum Gasteiger partial charge on any atom is -0.274 e. The Balaban J connectivity index is 1.19. The first-order valence-corrected chi connectivity index (χ1v) is 28.8. The van der Waals surface area contributed by atoms with Crippen LogP contribution < -0.4 is 10.4 Å². The van der Waals surface area contributed by atoms with Gasteiger partial charge in [0.2, 0.25) is 0 Å². The van der Waals surface area contributed by atoms with Crippen molar-refractivity contribution < 1.29 is 9.59 Å². The first kappa shape index (κ1) is 43.0. The molecule has 0 saturated carbocycles. The van der Waals surface area contributed by atoms with Gasteiger partial charge in [0.25, 0.3) is 11.8 Å². The molecular formula is C48H63NO2S5Si. The Morgan fingerprint density at radius 1 is 0.456 bits per heavy atom. The number of amides is 2. The SMILES string of the molecule is CCCCCCCCN1C(=O)c2c(-c3ccc(C)s3)sc(-c3ccc(-c4cc5c(s4)-c4sc(C)cc4[Si]5(CCCCCCCC)CCCCCCCC)s3)c2C1=O. The van der Waals surface area contributed by atoms with Crippen LogP contribution in [-0.2, 0) is 0 Å². The predicted molar refractivity (Wildman–Crippen MR) is 257 cm³/mol. The normalized spacial score (nSPS) is 14.3. The molecule has 7 rings (SSSR count). The predicted octanol–water partition coefficient (Wildman–Crippen LogP) is 15.8. The van der Waals surface area contributed by atoms with Gasteiger partial charge in [-0.05, 0) is 79.1 Å². The zero-order chi connectivity index (χ0) is 39.9. The van der Waals surface area contributed by atoms with E-state index in [0.29, 0.717) is 17.7 Å². The van der Waals surface area contributed by atoms with Gasteiger partial charge in [-0.3, -0.25) is 14.5 Å². The lowest BCUT2D eigenvalue weighted by atomic mass is 10.1. The van der Waals surface area contributed by atoms with Gasteiger partial charge < -0.3 is 0 Å². The first-order valence-electron chi connectivity index (χ1n) is 22.3. The molecule has 0 bridgehead atoms. The molecule has 3 nitrogen and oxygen atoms in total. The van der Waals surface area contributed by atoms with E-state index in [1.165, 1.54) is 128 Å². The van der Waals surface area contributed by atoms with Crippen LogP contribution in [0, 0.1) is 13.8 Å². The Morgan fingerprint density at radius 2 is 0.947 bits per heavy atom. The van der Waals surface area contributed by atoms with Crippen LogP contribution >= 0.6 is 56.7 Å². The zero-order valence-electron chi connectivity index (χ0n) is 35.1. The van der Waals surface area contributed by atoms with Gasteiger partial charge in [0.15, 0.2) is 0 Å². The summed E-state index contributed by atoms with van der Waals surface area (Å²) in [4.78, 5) is 42.5. The molecule has 0 aliphatic carbocycles. The summed E-state index contributed by atoms with van der Waals surface area (Å²) < 4.78 is 0. The molecule has 2 aliphatic rings. The van der Waals surface area contributed by atoms with Gasteiger partial charge in [0, 0.05) is 45.6 Å². The Morgan fingerprint density at radius 3 is 1.53 bits per heavy atom. The van der Waals surface area contributed by atoms with E-state index in [-0.39, 0.29) is 11.8 Å². The van der Waals surface area contributed by atoms with Gasteiger partial charge in [-0.2, -0.15) is 0 Å². The monoisotopic (exact) mass is 873 g/mol. The van der Waals surface area contributed by atoms with Crippen molar-refractivity contribution >= 4 is 86.9 Å². The number of nitrogens with zero attached hydrogens (tertiary/aromatic N) is 1. The van der Waals surface area contributed by atoms with Gasteiger partial charge in [-0.15, -0.1) is 56.7 Å². The van der Waals surface area contributed by atoms with Gasteiger partial charge in [-0.1, -0.05) is 130 Å². The quantitative estimate of drug-likeness (QED) is 0.0352. The molecule has 0 atom stereocenters. The molecule has 7 heterocycles. The van der Waals surface area contributed by atoms with Gasteiger partial charge in [0.1, 0.15) is 8.07 Å². The van der Waals surface area contributed by atoms with E-state index < -0.39 is 8.07 Å². The second-order valence-electron chi connectivity index (χ2n) is 16.7. The van der Waals surface area contributed by atoms with Crippen molar-refractivity contribution in [1.29, 1.82) is 0 Å². The van der Waals surface area contributed by atoms with Gasteiger partial charge in [-0.25, -0.2) is 0 Å². The van der Waals surface area contributed by atoms with Crippen LogP contribution in [0.1, 0.15) is 167 Å². The summed E-state index contributed by atoms with van der Waals surface area (Å²) in [5, 5.41) is 3.48. The summed E-state index contributed by atoms with van der Waals surface area (Å²) in [5.41, 5.74) is 1.28. The summed E-state index contributed by atoms with van der Waals surface area (Å²) >= 11 is 9.24. The molecule has 306 valence electrons. The fourth-order valence-electron chi connectivity index (χ4n) is 9.25. The second-order valence-corrected chi connectivity index (χ2v) is 26.6. The number of carbonyl (C=O) groups is 2. The largest absolute Gasteiger partial charge is 0.274 e. The molecule has 2 aliphatic heterocycles. The second kappa shape index (κ2) is 19.9. The number of hydrogen-bond acceptors (Lipinski definition) is 7. The molecule has 9 heteroatoms. The van der Waals surface area contributed by atoms with Crippen LogP contribution in [0.5, 0.6) is 0 Å². The minimum atomic E-state index is -1.91. The van der Waals surface area contributed by atoms with Crippen molar-refractivity contribution in [3.05, 3.63) is 57.3 Å². The van der Waals surface area contributed by atoms with E-state index in [1.54, 1.807) is 47.7 Å². The summed E-state index contributed by atoms with van der Waals surface area (Å²) in [6.45, 7) is 11.8. The average molecular weight is 874 g/mol. The molecule has 0 unspecified atom stereocenters. The Bertz CT molecular complexity index is 2110. The molecule has 2 amide bonds. The third kappa shape index (κ3) is 9.14. The van der Waals surface area contributed by atoms with E-state index in [0.717, 1.165) is 38.8 Å². The van der Waals surface area contributed by atoms with Crippen molar-refractivity contribution in [3.63, 3.8) is 0 Å². The number of aryl methyl sites for hydroxylation is 2. The highest BCUT2D eigenvalue weighted by atomic mass is 32.1. The number of carbonyl (C=O) groups excluding carboxylic acids is 2. The van der Waals surface area contributed by atoms with Gasteiger partial charge in [0.05, 0.1) is 20.9 Å². The van der Waals surface area contributed by atoms with E-state index in [4.69, 9.17) is 0 Å². The Kier molecular flexibility index (Phi) is 15.0. The lowest BCUT2D eigenvalue weighted by Gasteiger charge is -2.29. The lowest BCUT2D eigenvalue weighted by Crippen LogP contribution is -2.54. The minimum absolute atomic E-state index is 0.0971. The van der Waals surface area contributed by atoms with Crippen LogP contribution in [0.2, 0.25) is 12.1 Å². The number of rotatable bonds is 24. The molecule has 0 saturated heterocycles. The van der Waals surface area contributed by atoms with Crippen molar-refractivity contribution in [2.24, 2.45) is 0 Å². The molecular weight excluding hydrogens is 811 g/mol. The maximum Gasteiger partial charge on any atom is 0.263 e. The number of thiophene rings is 5. The number of unbranched alkanes of at least 4 members (excludes halogenated alkanes) is 15. The van der Waals surface area contributed by atoms with Crippen molar-refractivity contribution in [1.82, 2.24) is 4.90 Å². The Labute approximate surface area is 364 Å². The molecule has 0 radical (unpaired) electrons. The van der Waals surface area contributed by atoms with Crippen molar-refractivity contribution in [2.75, 3.05) is 6.54 Å². The van der Waals surface area contributed by atoms with Crippen LogP contribution in [0.15, 0.2) is 36.4 Å². The third-order valence-corrected chi connectivity index (χ3v) is 24.1. The molecule has 0 spiro atoms. The highest BCUT2D eigenvalue weighted by Crippen LogP contribution is 2.52. The fraction of sp³-hybridized carbons (Fsp3) is 0.542. The average Bonchev–Trinajstić information content (AvgIpc) is 4.07. The lowest BCUT2D eigenvalue weighted by molar-refractivity contribution is 0.0652. The smallest absolute Gasteiger partial charge is 0.263 e. The summed E-state index contributed by atoms with van der Waals surface area (Å²) in [6.07, 6.45) is 23.0. The molecule has 5 aromatic rings. The van der Waals surface area contributed by atoms with E-state index >= 15 is 0 Å². The summed E-state index contributed by atoms with van der Waals surface area (Å²) in [5.74, 6) is -0.196. The maximum atomic E-state index is 14.2. The Hall–Kier alpha value is -2.14. The molecule has 0 aromatic carbocycles. The topological polar surface area (TPSA) is 37.4 Å². The van der Waals surface area contributed by atoms with Crippen LogP contribution in [0.4, 0.5) is 0 Å². The maximum absolute atomic E-state index is 14.2. The molecule has 0 N–H and O–H groups in total. The number of fused-ring (bicyclic) bond motifs is 4. The highest BCUT2D eigenvalue weighted by molar-refractivity contribution is 7.33. The standard InChI is InChI=1S/C48H63NO2S5Si/c1-6-9-12-15-18-21-28-49-47(50)41-42(48(49)51)44(56-43(41)36-25-24-33(4)52-36)37-27-26-35(54-37)38-32-40-46(55-38)45-39(31-34(5)53-45)57(40,29-22-19-16-13-10-7-2)30-23-20-17-14-11-8-3/h24-27,31-32H,6-23,28-30H2,1-5H3. The molecule has 57 heavy (non-hydrogen) atoms. The summed E-state index contributed by atoms with van der Waals surface area (Å²) in [6, 6.07) is 16.8. The van der Waals surface area contributed by atoms with Crippen LogP contribution in [-0.4, -0.2) is 31.3 Å². The van der Waals surface area contributed by atoms with Crippen LogP contribution in [0.25, 0.3) is 39.0 Å². The van der Waals surface area contributed by atoms with Crippen LogP contribution in [0.3, 0.4) is 0 Å². The fourth-order valence-corrected chi connectivity index (χ4v) is 22.1. The third-order valence-electron chi connectivity index (χ3n) is 12.3. The summed E-state index contributed by atoms with van der Waals surface area (Å²) in [7, 11) is -1.91. The number of imide groups is 1. The number of hydrogen-bond donors (Lipinski definition) is 0. The van der Waals surface area contributed by atoms with Crippen molar-refractivity contribution in [2.45, 2.75) is 162 Å². The first-order chi connectivity index (χ1) is 27.8.